The summed E-state index contributed by atoms with van der Waals surface area (Å²) in [6.45, 7) is 0.766. The van der Waals surface area contributed by atoms with Crippen LogP contribution in [0, 0.1) is 0 Å². The summed E-state index contributed by atoms with van der Waals surface area (Å²) in [5, 5.41) is 8.33. The number of hydroxylamine groups is 1. The van der Waals surface area contributed by atoms with Gasteiger partial charge in [-0.3, -0.25) is 9.63 Å². The van der Waals surface area contributed by atoms with E-state index in [2.05, 4.69) is 5.48 Å². The van der Waals surface area contributed by atoms with Crippen LogP contribution in [0.25, 0.3) is 0 Å². The van der Waals surface area contributed by atoms with Gasteiger partial charge in [-0.2, -0.15) is 0 Å². The Bertz CT molecular complexity index is 274. The van der Waals surface area contributed by atoms with Crippen LogP contribution in [-0.4, -0.2) is 17.6 Å². The third-order valence-electron chi connectivity index (χ3n) is 1.62. The predicted molar refractivity (Wildman–Crippen MR) is 51.5 cm³/mol. The fourth-order valence-electron chi connectivity index (χ4n) is 0.939. The van der Waals surface area contributed by atoms with Crippen molar-refractivity contribution in [2.45, 2.75) is 13.0 Å². The highest BCUT2D eigenvalue weighted by Crippen LogP contribution is 1.98. The molecule has 1 rings (SSSR count). The molecule has 0 saturated heterocycles. The van der Waals surface area contributed by atoms with Gasteiger partial charge in [-0.05, 0) is 5.56 Å². The SMILES string of the molecule is O=C(O)CCNOCc1ccccc1. The molecule has 2 N–H and O–H groups in total. The molecule has 0 bridgehead atoms. The van der Waals surface area contributed by atoms with Gasteiger partial charge >= 0.3 is 5.97 Å². The van der Waals surface area contributed by atoms with Crippen LogP contribution >= 0.6 is 0 Å². The van der Waals surface area contributed by atoms with Crippen molar-refractivity contribution < 1.29 is 14.7 Å². The Hall–Kier alpha value is -1.39. The van der Waals surface area contributed by atoms with Crippen molar-refractivity contribution in [1.82, 2.24) is 5.48 Å². The number of hydrogen-bond acceptors (Lipinski definition) is 3. The third kappa shape index (κ3) is 4.59. The van der Waals surface area contributed by atoms with E-state index in [4.69, 9.17) is 9.94 Å². The van der Waals surface area contributed by atoms with Gasteiger partial charge in [-0.25, -0.2) is 5.48 Å². The molecule has 0 spiro atoms. The van der Waals surface area contributed by atoms with Gasteiger partial charge in [-0.15, -0.1) is 0 Å². The van der Waals surface area contributed by atoms with E-state index in [-0.39, 0.29) is 6.42 Å². The number of carbonyl (C=O) groups is 1. The van der Waals surface area contributed by atoms with E-state index in [0.29, 0.717) is 13.2 Å². The Kier molecular flexibility index (Phi) is 4.68. The summed E-state index contributed by atoms with van der Waals surface area (Å²) in [7, 11) is 0. The third-order valence-corrected chi connectivity index (χ3v) is 1.62. The van der Waals surface area contributed by atoms with Gasteiger partial charge in [0.15, 0.2) is 0 Å². The Labute approximate surface area is 82.5 Å². The van der Waals surface area contributed by atoms with Gasteiger partial charge in [-0.1, -0.05) is 30.3 Å². The number of nitrogens with one attached hydrogen (secondary N) is 1. The zero-order valence-electron chi connectivity index (χ0n) is 7.77. The van der Waals surface area contributed by atoms with E-state index in [1.807, 2.05) is 30.3 Å². The molecule has 1 aromatic rings. The average molecular weight is 195 g/mol. The van der Waals surface area contributed by atoms with E-state index >= 15 is 0 Å². The molecule has 4 heteroatoms. The lowest BCUT2D eigenvalue weighted by molar-refractivity contribution is -0.137. The molecule has 1 aromatic carbocycles. The quantitative estimate of drug-likeness (QED) is 0.528. The number of aliphatic carboxylic acids is 1. The molecule has 0 amide bonds. The maximum atomic E-state index is 10.1. The lowest BCUT2D eigenvalue weighted by Crippen LogP contribution is -2.18. The largest absolute Gasteiger partial charge is 0.481 e. The molecule has 76 valence electrons. The Morgan fingerprint density at radius 2 is 2.07 bits per heavy atom. The molecule has 0 aromatic heterocycles. The molecular formula is C10H13NO3. The lowest BCUT2D eigenvalue weighted by Gasteiger charge is -2.03. The van der Waals surface area contributed by atoms with Crippen molar-refractivity contribution in [3.05, 3.63) is 35.9 Å². The number of carboxylic acids is 1. The summed E-state index contributed by atoms with van der Waals surface area (Å²) in [6, 6.07) is 9.67. The molecule has 4 nitrogen and oxygen atoms in total. The number of hydrogen-bond donors (Lipinski definition) is 2. The Morgan fingerprint density at radius 3 is 2.71 bits per heavy atom. The van der Waals surface area contributed by atoms with E-state index in [1.165, 1.54) is 0 Å². The Morgan fingerprint density at radius 1 is 1.36 bits per heavy atom. The van der Waals surface area contributed by atoms with E-state index in [0.717, 1.165) is 5.56 Å². The topological polar surface area (TPSA) is 58.6 Å². The zero-order valence-corrected chi connectivity index (χ0v) is 7.77. The predicted octanol–water partition coefficient (Wildman–Crippen LogP) is 1.18. The molecule has 0 unspecified atom stereocenters. The smallest absolute Gasteiger partial charge is 0.304 e. The number of carboxylic acid groups (broad SMARTS) is 1. The van der Waals surface area contributed by atoms with Gasteiger partial charge in [0.1, 0.15) is 0 Å². The highest BCUT2D eigenvalue weighted by Gasteiger charge is 1.95. The van der Waals surface area contributed by atoms with Crippen molar-refractivity contribution in [2.24, 2.45) is 0 Å². The Balaban J connectivity index is 2.08. The molecule has 0 aliphatic carbocycles. The first-order valence-corrected chi connectivity index (χ1v) is 4.39. The van der Waals surface area contributed by atoms with Crippen LogP contribution in [0.1, 0.15) is 12.0 Å². The molecule has 0 heterocycles. The normalized spacial score (nSPS) is 10.0. The van der Waals surface area contributed by atoms with Crippen molar-refractivity contribution in [1.29, 1.82) is 0 Å². The minimum absolute atomic E-state index is 0.0643. The maximum Gasteiger partial charge on any atom is 0.304 e. The second kappa shape index (κ2) is 6.12. The number of rotatable bonds is 6. The highest BCUT2D eigenvalue weighted by molar-refractivity contribution is 5.66. The lowest BCUT2D eigenvalue weighted by atomic mass is 10.2. The summed E-state index contributed by atoms with van der Waals surface area (Å²) in [6.07, 6.45) is 0.0643. The van der Waals surface area contributed by atoms with Gasteiger partial charge in [0.05, 0.1) is 13.0 Å². The van der Waals surface area contributed by atoms with Crippen LogP contribution in [0.3, 0.4) is 0 Å². The van der Waals surface area contributed by atoms with Crippen LogP contribution in [0.5, 0.6) is 0 Å². The van der Waals surface area contributed by atoms with E-state index in [1.54, 1.807) is 0 Å². The van der Waals surface area contributed by atoms with Crippen LogP contribution in [0.15, 0.2) is 30.3 Å². The molecule has 0 atom stereocenters. The zero-order chi connectivity index (χ0) is 10.2. The van der Waals surface area contributed by atoms with Gasteiger partial charge < -0.3 is 5.11 Å². The average Bonchev–Trinajstić information content (AvgIpc) is 2.18. The molecule has 0 saturated carbocycles. The first kappa shape index (κ1) is 10.7. The second-order valence-corrected chi connectivity index (χ2v) is 2.81. The van der Waals surface area contributed by atoms with Crippen molar-refractivity contribution >= 4 is 5.97 Å². The number of benzene rings is 1. The highest BCUT2D eigenvalue weighted by atomic mass is 16.6. The minimum Gasteiger partial charge on any atom is -0.481 e. The molecule has 0 aliphatic heterocycles. The first-order chi connectivity index (χ1) is 6.79. The molecule has 14 heavy (non-hydrogen) atoms. The van der Waals surface area contributed by atoms with Crippen molar-refractivity contribution in [3.63, 3.8) is 0 Å². The maximum absolute atomic E-state index is 10.1. The van der Waals surface area contributed by atoms with Crippen LogP contribution < -0.4 is 5.48 Å². The molecule has 0 aliphatic rings. The molecular weight excluding hydrogens is 182 g/mol. The van der Waals surface area contributed by atoms with Crippen LogP contribution in [0.2, 0.25) is 0 Å². The molecule has 0 fully saturated rings. The van der Waals surface area contributed by atoms with Crippen LogP contribution in [0.4, 0.5) is 0 Å². The standard InChI is InChI=1S/C10H13NO3/c12-10(13)6-7-11-14-8-9-4-2-1-3-5-9/h1-5,11H,6-8H2,(H,12,13). The summed E-state index contributed by atoms with van der Waals surface area (Å²) in [5.41, 5.74) is 3.64. The van der Waals surface area contributed by atoms with E-state index in [9.17, 15) is 4.79 Å². The summed E-state index contributed by atoms with van der Waals surface area (Å²) in [4.78, 5) is 15.2. The first-order valence-electron chi connectivity index (χ1n) is 4.39. The van der Waals surface area contributed by atoms with Crippen molar-refractivity contribution in [2.75, 3.05) is 6.54 Å². The molecule has 0 radical (unpaired) electrons. The minimum atomic E-state index is -0.833. The van der Waals surface area contributed by atoms with Gasteiger partial charge in [0.25, 0.3) is 0 Å². The summed E-state index contributed by atoms with van der Waals surface area (Å²) >= 11 is 0. The fourth-order valence-corrected chi connectivity index (χ4v) is 0.939. The van der Waals surface area contributed by atoms with E-state index < -0.39 is 5.97 Å². The summed E-state index contributed by atoms with van der Waals surface area (Å²) in [5.74, 6) is -0.833. The monoisotopic (exact) mass is 195 g/mol. The van der Waals surface area contributed by atoms with Gasteiger partial charge in [0, 0.05) is 6.54 Å². The summed E-state index contributed by atoms with van der Waals surface area (Å²) < 4.78 is 0. The van der Waals surface area contributed by atoms with Crippen molar-refractivity contribution in [3.8, 4) is 0 Å². The van der Waals surface area contributed by atoms with Crippen LogP contribution in [-0.2, 0) is 16.2 Å². The second-order valence-electron chi connectivity index (χ2n) is 2.81. The van der Waals surface area contributed by atoms with Gasteiger partial charge in [0.2, 0.25) is 0 Å². The fraction of sp³-hybridized carbons (Fsp3) is 0.300.